The number of hydrogen-bond acceptors (Lipinski definition) is 9. The minimum Gasteiger partial charge on any atom is -0.382 e. The molecule has 3 aliphatic heterocycles. The van der Waals surface area contributed by atoms with Crippen LogP contribution in [-0.4, -0.2) is 104 Å². The number of methoxy groups -OCH3 is 2. The average Bonchev–Trinajstić information content (AvgIpc) is 2.67. The normalized spacial score (nSPS) is 37.2. The first-order valence-electron chi connectivity index (χ1n) is 9.59. The second-order valence-corrected chi connectivity index (χ2v) is 6.83. The standard InChI is InChI=1S/C18H32O9/c1-12-13-15(23-10-8-21-6-4-19-2)17-16(14(12)26-18(25-13)27-17)24-11-9-22-7-5-20-3/h12-18H,4-11H2,1-3H3/t12?,13-,14?,15?,16?,17?,18?/m0/s1. The molecule has 0 amide bonds. The summed E-state index contributed by atoms with van der Waals surface area (Å²) in [6.45, 7) is 5.63. The summed E-state index contributed by atoms with van der Waals surface area (Å²) in [7, 11) is 3.30. The lowest BCUT2D eigenvalue weighted by Gasteiger charge is -2.58. The molecule has 0 spiro atoms. The Balaban J connectivity index is 1.46. The maximum atomic E-state index is 6.06. The molecule has 9 nitrogen and oxygen atoms in total. The Hall–Kier alpha value is -0.360. The van der Waals surface area contributed by atoms with Crippen LogP contribution in [0.5, 0.6) is 0 Å². The summed E-state index contributed by atoms with van der Waals surface area (Å²) in [5, 5.41) is 0. The van der Waals surface area contributed by atoms with Crippen LogP contribution in [0.25, 0.3) is 0 Å². The Labute approximate surface area is 160 Å². The van der Waals surface area contributed by atoms with Gasteiger partial charge in [-0.2, -0.15) is 0 Å². The highest BCUT2D eigenvalue weighted by atomic mass is 16.9. The Morgan fingerprint density at radius 2 is 1.04 bits per heavy atom. The van der Waals surface area contributed by atoms with Crippen molar-refractivity contribution in [2.24, 2.45) is 5.92 Å². The highest BCUT2D eigenvalue weighted by Crippen LogP contribution is 2.45. The van der Waals surface area contributed by atoms with Crippen LogP contribution in [0.1, 0.15) is 6.92 Å². The van der Waals surface area contributed by atoms with Gasteiger partial charge in [-0.15, -0.1) is 0 Å². The van der Waals surface area contributed by atoms with Gasteiger partial charge in [-0.05, 0) is 0 Å². The molecule has 9 heteroatoms. The van der Waals surface area contributed by atoms with Crippen molar-refractivity contribution >= 4 is 0 Å². The maximum Gasteiger partial charge on any atom is 0.272 e. The van der Waals surface area contributed by atoms with Gasteiger partial charge in [-0.25, -0.2) is 0 Å². The molecule has 0 N–H and O–H groups in total. The molecular formula is C18H32O9. The van der Waals surface area contributed by atoms with E-state index in [1.165, 1.54) is 0 Å². The molecule has 0 aromatic heterocycles. The van der Waals surface area contributed by atoms with Gasteiger partial charge in [0.25, 0.3) is 6.48 Å². The summed E-state index contributed by atoms with van der Waals surface area (Å²) >= 11 is 0. The topological polar surface area (TPSA) is 83.1 Å². The van der Waals surface area contributed by atoms with Gasteiger partial charge in [0.05, 0.1) is 65.1 Å². The SMILES string of the molecule is COCCOCCOC1C2OC3OC1C(OCCOCCOC)[C@@H](O3)C2C. The van der Waals surface area contributed by atoms with Crippen LogP contribution < -0.4 is 0 Å². The Kier molecular flexibility index (Phi) is 8.69. The summed E-state index contributed by atoms with van der Waals surface area (Å²) in [4.78, 5) is 0. The lowest BCUT2D eigenvalue weighted by atomic mass is 9.77. The molecule has 3 heterocycles. The van der Waals surface area contributed by atoms with E-state index >= 15 is 0 Å². The third-order valence-electron chi connectivity index (χ3n) is 5.08. The van der Waals surface area contributed by atoms with Gasteiger partial charge >= 0.3 is 0 Å². The highest BCUT2D eigenvalue weighted by molar-refractivity contribution is 5.05. The van der Waals surface area contributed by atoms with Crippen molar-refractivity contribution in [2.75, 3.05) is 67.1 Å². The Bertz CT molecular complexity index is 390. The van der Waals surface area contributed by atoms with Crippen molar-refractivity contribution in [3.63, 3.8) is 0 Å². The van der Waals surface area contributed by atoms with Crippen molar-refractivity contribution < 1.29 is 42.6 Å². The zero-order valence-electron chi connectivity index (χ0n) is 16.4. The average molecular weight is 392 g/mol. The first-order valence-corrected chi connectivity index (χ1v) is 9.59. The Morgan fingerprint density at radius 1 is 0.593 bits per heavy atom. The van der Waals surface area contributed by atoms with E-state index in [9.17, 15) is 0 Å². The van der Waals surface area contributed by atoms with E-state index in [0.717, 1.165) is 0 Å². The van der Waals surface area contributed by atoms with E-state index in [2.05, 4.69) is 6.92 Å². The fourth-order valence-corrected chi connectivity index (χ4v) is 3.74. The zero-order chi connectivity index (χ0) is 19.1. The summed E-state index contributed by atoms with van der Waals surface area (Å²) in [6.07, 6.45) is -0.765. The van der Waals surface area contributed by atoms with Crippen molar-refractivity contribution in [3.05, 3.63) is 0 Å². The number of ether oxygens (including phenoxy) is 9. The second kappa shape index (κ2) is 11.0. The van der Waals surface area contributed by atoms with Gasteiger partial charge in [0.1, 0.15) is 18.3 Å². The molecule has 27 heavy (non-hydrogen) atoms. The quantitative estimate of drug-likeness (QED) is 0.385. The summed E-state index contributed by atoms with van der Waals surface area (Å²) in [6, 6.07) is 0. The molecule has 4 aliphatic rings. The fraction of sp³-hybridized carbons (Fsp3) is 1.00. The smallest absolute Gasteiger partial charge is 0.272 e. The Morgan fingerprint density at radius 3 is 1.52 bits per heavy atom. The van der Waals surface area contributed by atoms with Crippen molar-refractivity contribution in [1.82, 2.24) is 0 Å². The molecule has 0 aromatic carbocycles. The van der Waals surface area contributed by atoms with E-state index in [0.29, 0.717) is 52.9 Å². The second-order valence-electron chi connectivity index (χ2n) is 6.83. The third kappa shape index (κ3) is 5.37. The molecule has 0 aromatic rings. The first-order chi connectivity index (χ1) is 13.3. The zero-order valence-corrected chi connectivity index (χ0v) is 16.4. The number of rotatable bonds is 14. The van der Waals surface area contributed by atoms with Gasteiger partial charge in [-0.1, -0.05) is 6.92 Å². The lowest BCUT2D eigenvalue weighted by molar-refractivity contribution is -0.481. The van der Waals surface area contributed by atoms with Crippen LogP contribution in [0, 0.1) is 5.92 Å². The molecule has 0 radical (unpaired) electrons. The molecule has 1 saturated carbocycles. The van der Waals surface area contributed by atoms with Crippen molar-refractivity contribution in [3.8, 4) is 0 Å². The van der Waals surface area contributed by atoms with Crippen LogP contribution in [-0.2, 0) is 42.6 Å². The fourth-order valence-electron chi connectivity index (χ4n) is 3.74. The largest absolute Gasteiger partial charge is 0.382 e. The summed E-state index contributed by atoms with van der Waals surface area (Å²) < 4.78 is 50.5. The van der Waals surface area contributed by atoms with Crippen LogP contribution in [0.15, 0.2) is 0 Å². The van der Waals surface area contributed by atoms with Gasteiger partial charge < -0.3 is 42.6 Å². The van der Waals surface area contributed by atoms with Crippen LogP contribution in [0.3, 0.4) is 0 Å². The lowest BCUT2D eigenvalue weighted by Crippen LogP contribution is -2.73. The molecule has 7 atom stereocenters. The van der Waals surface area contributed by atoms with E-state index in [-0.39, 0.29) is 36.4 Å². The van der Waals surface area contributed by atoms with Crippen LogP contribution >= 0.6 is 0 Å². The molecule has 4 fully saturated rings. The summed E-state index contributed by atoms with van der Waals surface area (Å²) in [5.41, 5.74) is 0. The van der Waals surface area contributed by atoms with Gasteiger partial charge in [0, 0.05) is 20.1 Å². The molecule has 3 saturated heterocycles. The molecule has 4 bridgehead atoms. The predicted molar refractivity (Wildman–Crippen MR) is 92.4 cm³/mol. The molecular weight excluding hydrogens is 360 g/mol. The highest BCUT2D eigenvalue weighted by Gasteiger charge is 2.61. The van der Waals surface area contributed by atoms with E-state index in [1.54, 1.807) is 14.2 Å². The monoisotopic (exact) mass is 392 g/mol. The predicted octanol–water partition coefficient (Wildman–Crippen LogP) is 0.199. The van der Waals surface area contributed by atoms with Crippen LogP contribution in [0.4, 0.5) is 0 Å². The minimum absolute atomic E-state index is 0.0655. The molecule has 1 aliphatic carbocycles. The van der Waals surface area contributed by atoms with Gasteiger partial charge in [0.15, 0.2) is 0 Å². The minimum atomic E-state index is -0.628. The van der Waals surface area contributed by atoms with Gasteiger partial charge in [-0.3, -0.25) is 0 Å². The molecule has 6 unspecified atom stereocenters. The summed E-state index contributed by atoms with van der Waals surface area (Å²) in [5.74, 6) is 0.153. The molecule has 158 valence electrons. The van der Waals surface area contributed by atoms with Crippen molar-refractivity contribution in [1.29, 1.82) is 0 Å². The van der Waals surface area contributed by atoms with Crippen LogP contribution in [0.2, 0.25) is 0 Å². The third-order valence-corrected chi connectivity index (χ3v) is 5.08. The maximum absolute atomic E-state index is 6.06. The number of hydrogen-bond donors (Lipinski definition) is 0. The van der Waals surface area contributed by atoms with E-state index < -0.39 is 6.48 Å². The van der Waals surface area contributed by atoms with E-state index in [4.69, 9.17) is 42.6 Å². The first kappa shape index (κ1) is 21.4. The van der Waals surface area contributed by atoms with Gasteiger partial charge in [0.2, 0.25) is 0 Å². The molecule has 4 rings (SSSR count). The van der Waals surface area contributed by atoms with Crippen molar-refractivity contribution in [2.45, 2.75) is 43.9 Å². The van der Waals surface area contributed by atoms with E-state index in [1.807, 2.05) is 0 Å².